The summed E-state index contributed by atoms with van der Waals surface area (Å²) in [6.45, 7) is 7.54. The number of rotatable bonds is 3. The summed E-state index contributed by atoms with van der Waals surface area (Å²) in [7, 11) is 0. The van der Waals surface area contributed by atoms with Crippen molar-refractivity contribution in [1.29, 1.82) is 0 Å². The molecular weight excluding hydrogens is 176 g/mol. The van der Waals surface area contributed by atoms with Crippen molar-refractivity contribution in [2.24, 2.45) is 0 Å². The first kappa shape index (κ1) is 10.5. The van der Waals surface area contributed by atoms with Crippen LogP contribution in [0, 0.1) is 13.8 Å². The van der Waals surface area contributed by atoms with Crippen molar-refractivity contribution in [2.45, 2.75) is 20.3 Å². The van der Waals surface area contributed by atoms with E-state index in [1.807, 2.05) is 32.0 Å². The number of aryl methyl sites for hydroxylation is 1. The molecule has 0 aliphatic rings. The highest BCUT2D eigenvalue weighted by atomic mass is 16.4. The molecule has 0 heterocycles. The molecule has 1 N–H and O–H groups in total. The number of carboxylic acids is 1. The highest BCUT2D eigenvalue weighted by Gasteiger charge is 2.07. The van der Waals surface area contributed by atoms with E-state index < -0.39 is 5.97 Å². The van der Waals surface area contributed by atoms with Crippen LogP contribution in [0.25, 0.3) is 0 Å². The molecule has 1 aromatic carbocycles. The van der Waals surface area contributed by atoms with Gasteiger partial charge in [0.2, 0.25) is 0 Å². The van der Waals surface area contributed by atoms with E-state index in [-0.39, 0.29) is 5.57 Å². The van der Waals surface area contributed by atoms with Gasteiger partial charge in [-0.3, -0.25) is 0 Å². The van der Waals surface area contributed by atoms with Gasteiger partial charge >= 0.3 is 5.97 Å². The third-order valence-electron chi connectivity index (χ3n) is 2.42. The molecule has 0 aromatic heterocycles. The fourth-order valence-corrected chi connectivity index (χ4v) is 1.31. The van der Waals surface area contributed by atoms with Gasteiger partial charge in [-0.05, 0) is 30.5 Å². The van der Waals surface area contributed by atoms with Crippen molar-refractivity contribution in [3.63, 3.8) is 0 Å². The molecule has 0 saturated carbocycles. The van der Waals surface area contributed by atoms with Gasteiger partial charge in [-0.1, -0.05) is 24.8 Å². The molecule has 0 amide bonds. The average molecular weight is 190 g/mol. The zero-order valence-electron chi connectivity index (χ0n) is 8.50. The molecule has 0 saturated heterocycles. The fourth-order valence-electron chi connectivity index (χ4n) is 1.31. The molecular formula is C12H14O2. The molecule has 1 aromatic rings. The van der Waals surface area contributed by atoms with Crippen LogP contribution >= 0.6 is 0 Å². The molecule has 2 nitrogen and oxygen atoms in total. The van der Waals surface area contributed by atoms with Crippen molar-refractivity contribution in [3.8, 4) is 0 Å². The highest BCUT2D eigenvalue weighted by Crippen LogP contribution is 2.15. The monoisotopic (exact) mass is 190 g/mol. The van der Waals surface area contributed by atoms with E-state index in [4.69, 9.17) is 5.11 Å². The number of carbonyl (C=O) groups is 1. The number of benzene rings is 1. The Kier molecular flexibility index (Phi) is 3.07. The van der Waals surface area contributed by atoms with Crippen LogP contribution in [0.15, 0.2) is 30.4 Å². The lowest BCUT2D eigenvalue weighted by molar-refractivity contribution is -0.132. The lowest BCUT2D eigenvalue weighted by Crippen LogP contribution is -2.03. The maximum absolute atomic E-state index is 10.6. The van der Waals surface area contributed by atoms with Crippen molar-refractivity contribution in [1.82, 2.24) is 0 Å². The van der Waals surface area contributed by atoms with Crippen molar-refractivity contribution < 1.29 is 9.90 Å². The minimum atomic E-state index is -0.925. The molecule has 0 unspecified atom stereocenters. The van der Waals surface area contributed by atoms with Crippen LogP contribution in [0.1, 0.15) is 16.7 Å². The minimum absolute atomic E-state index is 0.235. The smallest absolute Gasteiger partial charge is 0.331 e. The second kappa shape index (κ2) is 4.09. The molecule has 0 aliphatic heterocycles. The predicted octanol–water partition coefficient (Wildman–Crippen LogP) is 2.49. The van der Waals surface area contributed by atoms with Crippen LogP contribution in [0.4, 0.5) is 0 Å². The van der Waals surface area contributed by atoms with Gasteiger partial charge in [-0.15, -0.1) is 0 Å². The summed E-state index contributed by atoms with van der Waals surface area (Å²) in [4.78, 5) is 10.6. The van der Waals surface area contributed by atoms with Gasteiger partial charge in [0, 0.05) is 12.0 Å². The van der Waals surface area contributed by atoms with E-state index in [9.17, 15) is 4.79 Å². The Morgan fingerprint density at radius 1 is 1.43 bits per heavy atom. The zero-order valence-corrected chi connectivity index (χ0v) is 8.50. The summed E-state index contributed by atoms with van der Waals surface area (Å²) >= 11 is 0. The number of hydrogen-bond acceptors (Lipinski definition) is 1. The largest absolute Gasteiger partial charge is 0.478 e. The van der Waals surface area contributed by atoms with Crippen LogP contribution in [0.2, 0.25) is 0 Å². The maximum atomic E-state index is 10.6. The fraction of sp³-hybridized carbons (Fsp3) is 0.250. The van der Waals surface area contributed by atoms with Gasteiger partial charge in [-0.2, -0.15) is 0 Å². The maximum Gasteiger partial charge on any atom is 0.331 e. The lowest BCUT2D eigenvalue weighted by Gasteiger charge is -2.07. The molecule has 1 rings (SSSR count). The number of carboxylic acid groups (broad SMARTS) is 1. The first-order chi connectivity index (χ1) is 6.52. The van der Waals surface area contributed by atoms with Crippen LogP contribution in [0.3, 0.4) is 0 Å². The molecule has 2 heteroatoms. The van der Waals surface area contributed by atoms with E-state index in [0.717, 1.165) is 11.1 Å². The molecule has 74 valence electrons. The van der Waals surface area contributed by atoms with Gasteiger partial charge in [0.15, 0.2) is 0 Å². The number of aliphatic carboxylic acids is 1. The van der Waals surface area contributed by atoms with E-state index >= 15 is 0 Å². The Morgan fingerprint density at radius 2 is 2.07 bits per heavy atom. The molecule has 0 aliphatic carbocycles. The van der Waals surface area contributed by atoms with Gasteiger partial charge < -0.3 is 5.11 Å². The Hall–Kier alpha value is -1.57. The summed E-state index contributed by atoms with van der Waals surface area (Å²) in [5.41, 5.74) is 3.60. The van der Waals surface area contributed by atoms with Gasteiger partial charge in [0.25, 0.3) is 0 Å². The summed E-state index contributed by atoms with van der Waals surface area (Å²) in [5.74, 6) is -0.925. The normalized spacial score (nSPS) is 9.86. The van der Waals surface area contributed by atoms with Crippen molar-refractivity contribution in [3.05, 3.63) is 47.0 Å². The third kappa shape index (κ3) is 2.22. The van der Waals surface area contributed by atoms with Gasteiger partial charge in [-0.25, -0.2) is 4.79 Å². The molecule has 0 bridgehead atoms. The van der Waals surface area contributed by atoms with Crippen molar-refractivity contribution >= 4 is 5.97 Å². The Bertz CT molecular complexity index is 378. The first-order valence-electron chi connectivity index (χ1n) is 4.48. The molecule has 0 fully saturated rings. The van der Waals surface area contributed by atoms with E-state index in [0.29, 0.717) is 6.42 Å². The van der Waals surface area contributed by atoms with E-state index in [1.165, 1.54) is 5.56 Å². The topological polar surface area (TPSA) is 37.3 Å². The van der Waals surface area contributed by atoms with E-state index in [1.54, 1.807) is 0 Å². The second-order valence-corrected chi connectivity index (χ2v) is 3.44. The second-order valence-electron chi connectivity index (χ2n) is 3.44. The van der Waals surface area contributed by atoms with Gasteiger partial charge in [0.1, 0.15) is 0 Å². The minimum Gasteiger partial charge on any atom is -0.478 e. The first-order valence-corrected chi connectivity index (χ1v) is 4.48. The van der Waals surface area contributed by atoms with Crippen molar-refractivity contribution in [2.75, 3.05) is 0 Å². The summed E-state index contributed by atoms with van der Waals surface area (Å²) < 4.78 is 0. The molecule has 0 atom stereocenters. The Labute approximate surface area is 83.9 Å². The molecule has 14 heavy (non-hydrogen) atoms. The van der Waals surface area contributed by atoms with Crippen LogP contribution in [-0.2, 0) is 11.2 Å². The van der Waals surface area contributed by atoms with Crippen LogP contribution in [0.5, 0.6) is 0 Å². The van der Waals surface area contributed by atoms with Crippen LogP contribution in [-0.4, -0.2) is 11.1 Å². The standard InChI is InChI=1S/C12H14O2/c1-8-5-4-6-11(10(8)3)7-9(2)12(13)14/h4-6H,2,7H2,1,3H3,(H,13,14). The average Bonchev–Trinajstić information content (AvgIpc) is 2.12. The van der Waals surface area contributed by atoms with Crippen LogP contribution < -0.4 is 0 Å². The third-order valence-corrected chi connectivity index (χ3v) is 2.42. The quantitative estimate of drug-likeness (QED) is 0.743. The molecule has 0 radical (unpaired) electrons. The van der Waals surface area contributed by atoms with Gasteiger partial charge in [0.05, 0.1) is 0 Å². The SMILES string of the molecule is C=C(Cc1cccc(C)c1C)C(=O)O. The Morgan fingerprint density at radius 3 is 2.64 bits per heavy atom. The number of hydrogen-bond donors (Lipinski definition) is 1. The highest BCUT2D eigenvalue weighted by molar-refractivity contribution is 5.86. The Balaban J connectivity index is 2.93. The zero-order chi connectivity index (χ0) is 10.7. The summed E-state index contributed by atoms with van der Waals surface area (Å²) in [5, 5.41) is 8.70. The summed E-state index contributed by atoms with van der Waals surface area (Å²) in [6, 6.07) is 5.89. The predicted molar refractivity (Wildman–Crippen MR) is 56.4 cm³/mol. The lowest BCUT2D eigenvalue weighted by atomic mass is 9.98. The molecule has 0 spiro atoms. The summed E-state index contributed by atoms with van der Waals surface area (Å²) in [6.07, 6.45) is 0.419. The van der Waals surface area contributed by atoms with E-state index in [2.05, 4.69) is 6.58 Å².